The van der Waals surface area contributed by atoms with Gasteiger partial charge in [0.1, 0.15) is 5.82 Å². The Morgan fingerprint density at radius 1 is 1.57 bits per heavy atom. The second-order valence-electron chi connectivity index (χ2n) is 2.96. The van der Waals surface area contributed by atoms with Crippen LogP contribution in [0.15, 0.2) is 12.1 Å². The average Bonchev–Trinajstić information content (AvgIpc) is 2.42. The molecule has 14 heavy (non-hydrogen) atoms. The van der Waals surface area contributed by atoms with Crippen LogP contribution in [-0.4, -0.2) is 9.55 Å². The summed E-state index contributed by atoms with van der Waals surface area (Å²) in [5, 5.41) is 0.119. The summed E-state index contributed by atoms with van der Waals surface area (Å²) in [4.78, 5) is 2.93. The summed E-state index contributed by atoms with van der Waals surface area (Å²) in [5.41, 5.74) is 1.52. The van der Waals surface area contributed by atoms with Crippen molar-refractivity contribution in [1.29, 1.82) is 0 Å². The maximum atomic E-state index is 13.1. The molecular weight excluding hydrogens is 223 g/mol. The average molecular weight is 231 g/mol. The van der Waals surface area contributed by atoms with Gasteiger partial charge in [0.25, 0.3) is 0 Å². The lowest BCUT2D eigenvalue weighted by atomic mass is 10.3. The van der Waals surface area contributed by atoms with Crippen molar-refractivity contribution in [3.8, 4) is 0 Å². The minimum atomic E-state index is -0.432. The zero-order chi connectivity index (χ0) is 10.3. The first kappa shape index (κ1) is 9.68. The van der Waals surface area contributed by atoms with Crippen LogP contribution in [0.2, 0.25) is 5.02 Å². The minimum Gasteiger partial charge on any atom is -0.330 e. The fraction of sp³-hybridized carbons (Fsp3) is 0.222. The molecule has 0 fully saturated rings. The third-order valence-corrected chi connectivity index (χ3v) is 2.74. The van der Waals surface area contributed by atoms with Gasteiger partial charge in [-0.15, -0.1) is 0 Å². The Labute approximate surface area is 90.3 Å². The topological polar surface area (TPSA) is 20.7 Å². The van der Waals surface area contributed by atoms with Crippen LogP contribution in [0.4, 0.5) is 4.39 Å². The van der Waals surface area contributed by atoms with E-state index in [1.54, 1.807) is 6.07 Å². The predicted molar refractivity (Wildman–Crippen MR) is 57.8 cm³/mol. The first-order chi connectivity index (χ1) is 6.63. The van der Waals surface area contributed by atoms with E-state index in [2.05, 4.69) is 4.98 Å². The molecule has 0 radical (unpaired) electrons. The Kier molecular flexibility index (Phi) is 2.33. The van der Waals surface area contributed by atoms with Gasteiger partial charge in [0.15, 0.2) is 4.77 Å². The predicted octanol–water partition coefficient (Wildman–Crippen LogP) is 3.51. The number of nitrogens with one attached hydrogen (secondary N) is 1. The van der Waals surface area contributed by atoms with E-state index in [1.165, 1.54) is 6.07 Å². The Morgan fingerprint density at radius 2 is 2.29 bits per heavy atom. The van der Waals surface area contributed by atoms with Gasteiger partial charge in [-0.3, -0.25) is 0 Å². The van der Waals surface area contributed by atoms with E-state index in [-0.39, 0.29) is 5.02 Å². The summed E-state index contributed by atoms with van der Waals surface area (Å²) in [7, 11) is 0. The van der Waals surface area contributed by atoms with Crippen molar-refractivity contribution in [3.05, 3.63) is 27.7 Å². The molecule has 1 aromatic carbocycles. The molecule has 0 amide bonds. The molecule has 0 atom stereocenters. The second kappa shape index (κ2) is 3.37. The van der Waals surface area contributed by atoms with Gasteiger partial charge in [0.2, 0.25) is 0 Å². The van der Waals surface area contributed by atoms with E-state index in [4.69, 9.17) is 23.8 Å². The number of H-pyrrole nitrogens is 1. The quantitative estimate of drug-likeness (QED) is 0.744. The molecule has 2 rings (SSSR count). The molecule has 0 saturated heterocycles. The number of fused-ring (bicyclic) bond motifs is 1. The molecule has 0 aliphatic rings. The smallest absolute Gasteiger partial charge is 0.178 e. The van der Waals surface area contributed by atoms with Crippen LogP contribution < -0.4 is 0 Å². The summed E-state index contributed by atoms with van der Waals surface area (Å²) >= 11 is 10.8. The first-order valence-corrected chi connectivity index (χ1v) is 4.99. The lowest BCUT2D eigenvalue weighted by Crippen LogP contribution is -1.93. The van der Waals surface area contributed by atoms with E-state index in [0.717, 1.165) is 12.1 Å². The van der Waals surface area contributed by atoms with Crippen molar-refractivity contribution in [2.75, 3.05) is 0 Å². The van der Waals surface area contributed by atoms with Crippen molar-refractivity contribution in [3.63, 3.8) is 0 Å². The molecule has 74 valence electrons. The summed E-state index contributed by atoms with van der Waals surface area (Å²) in [6.07, 6.45) is 0. The summed E-state index contributed by atoms with van der Waals surface area (Å²) in [6.45, 7) is 2.71. The van der Waals surface area contributed by atoms with Gasteiger partial charge in [-0.25, -0.2) is 4.39 Å². The van der Waals surface area contributed by atoms with Crippen LogP contribution in [0.5, 0.6) is 0 Å². The van der Waals surface area contributed by atoms with Crippen molar-refractivity contribution in [2.45, 2.75) is 13.5 Å². The molecule has 0 unspecified atom stereocenters. The molecule has 0 aliphatic heterocycles. The SMILES string of the molecule is CCn1c(=S)[nH]c2cc(F)c(Cl)cc21. The van der Waals surface area contributed by atoms with Gasteiger partial charge in [0.05, 0.1) is 16.1 Å². The highest BCUT2D eigenvalue weighted by Gasteiger charge is 2.07. The number of nitrogens with zero attached hydrogens (tertiary/aromatic N) is 1. The Bertz CT molecular complexity index is 543. The first-order valence-electron chi connectivity index (χ1n) is 4.21. The number of hydrogen-bond acceptors (Lipinski definition) is 1. The van der Waals surface area contributed by atoms with Gasteiger partial charge in [-0.05, 0) is 25.2 Å². The van der Waals surface area contributed by atoms with Gasteiger partial charge in [-0.1, -0.05) is 11.6 Å². The number of halogens is 2. The van der Waals surface area contributed by atoms with Gasteiger partial charge < -0.3 is 9.55 Å². The molecule has 0 aliphatic carbocycles. The number of rotatable bonds is 1. The molecule has 0 bridgehead atoms. The summed E-state index contributed by atoms with van der Waals surface area (Å²) in [5.74, 6) is -0.432. The van der Waals surface area contributed by atoms with Crippen LogP contribution in [0.3, 0.4) is 0 Å². The molecule has 2 aromatic rings. The number of aromatic amines is 1. The largest absolute Gasteiger partial charge is 0.330 e. The van der Waals surface area contributed by atoms with E-state index < -0.39 is 5.82 Å². The molecular formula is C9H8ClFN2S. The van der Waals surface area contributed by atoms with Gasteiger partial charge >= 0.3 is 0 Å². The van der Waals surface area contributed by atoms with Gasteiger partial charge in [-0.2, -0.15) is 0 Å². The maximum absolute atomic E-state index is 13.1. The van der Waals surface area contributed by atoms with Crippen LogP contribution in [0, 0.1) is 10.6 Å². The van der Waals surface area contributed by atoms with Crippen LogP contribution in [0.25, 0.3) is 11.0 Å². The van der Waals surface area contributed by atoms with Crippen molar-refractivity contribution in [2.24, 2.45) is 0 Å². The highest BCUT2D eigenvalue weighted by atomic mass is 35.5. The van der Waals surface area contributed by atoms with Crippen LogP contribution in [0.1, 0.15) is 6.92 Å². The molecule has 2 nitrogen and oxygen atoms in total. The van der Waals surface area contributed by atoms with E-state index in [1.807, 2.05) is 11.5 Å². The second-order valence-corrected chi connectivity index (χ2v) is 3.75. The zero-order valence-electron chi connectivity index (χ0n) is 7.47. The lowest BCUT2D eigenvalue weighted by molar-refractivity contribution is 0.629. The van der Waals surface area contributed by atoms with Gasteiger partial charge in [0, 0.05) is 12.6 Å². The van der Waals surface area contributed by atoms with Crippen LogP contribution in [-0.2, 0) is 6.54 Å². The third kappa shape index (κ3) is 1.35. The van der Waals surface area contributed by atoms with Crippen molar-refractivity contribution in [1.82, 2.24) is 9.55 Å². The zero-order valence-corrected chi connectivity index (χ0v) is 9.05. The third-order valence-electron chi connectivity index (χ3n) is 2.13. The Morgan fingerprint density at radius 3 is 2.93 bits per heavy atom. The highest BCUT2D eigenvalue weighted by molar-refractivity contribution is 7.71. The number of aryl methyl sites for hydroxylation is 1. The molecule has 5 heteroatoms. The number of imidazole rings is 1. The summed E-state index contributed by atoms with van der Waals surface area (Å²) in [6, 6.07) is 2.95. The molecule has 1 aromatic heterocycles. The highest BCUT2D eigenvalue weighted by Crippen LogP contribution is 2.22. The number of aromatic nitrogens is 2. The normalized spacial score (nSPS) is 11.1. The minimum absolute atomic E-state index is 0.119. The Hall–Kier alpha value is -0.870. The van der Waals surface area contributed by atoms with E-state index in [0.29, 0.717) is 10.3 Å². The standard InChI is InChI=1S/C9H8ClFN2S/c1-2-13-8-3-5(10)6(11)4-7(8)12-9(13)14/h3-4H,2H2,1H3,(H,12,14). The fourth-order valence-electron chi connectivity index (χ4n) is 1.47. The van der Waals surface area contributed by atoms with Crippen LogP contribution >= 0.6 is 23.8 Å². The Balaban J connectivity index is 2.89. The number of benzene rings is 1. The molecule has 1 N–H and O–H groups in total. The number of hydrogen-bond donors (Lipinski definition) is 1. The molecule has 0 spiro atoms. The van der Waals surface area contributed by atoms with Crippen molar-refractivity contribution < 1.29 is 4.39 Å². The summed E-state index contributed by atoms with van der Waals surface area (Å²) < 4.78 is 15.6. The molecule has 0 saturated carbocycles. The van der Waals surface area contributed by atoms with E-state index >= 15 is 0 Å². The monoisotopic (exact) mass is 230 g/mol. The maximum Gasteiger partial charge on any atom is 0.178 e. The van der Waals surface area contributed by atoms with Crippen molar-refractivity contribution >= 4 is 34.9 Å². The fourth-order valence-corrected chi connectivity index (χ4v) is 1.96. The molecule has 1 heterocycles. The van der Waals surface area contributed by atoms with E-state index in [9.17, 15) is 4.39 Å². The lowest BCUT2D eigenvalue weighted by Gasteiger charge is -1.99.